The molecule has 0 aromatic carbocycles. The van der Waals surface area contributed by atoms with Crippen LogP contribution in [0.1, 0.15) is 20.3 Å². The van der Waals surface area contributed by atoms with E-state index in [1.807, 2.05) is 13.8 Å². The van der Waals surface area contributed by atoms with Crippen LogP contribution in [-0.2, 0) is 6.54 Å². The van der Waals surface area contributed by atoms with Crippen molar-refractivity contribution in [3.8, 4) is 5.75 Å². The molecule has 1 heterocycles. The van der Waals surface area contributed by atoms with Gasteiger partial charge in [-0.15, -0.1) is 0 Å². The van der Waals surface area contributed by atoms with Crippen LogP contribution in [0.25, 0.3) is 0 Å². The Morgan fingerprint density at radius 2 is 2.35 bits per heavy atom. The molecule has 0 aliphatic rings. The van der Waals surface area contributed by atoms with Crippen LogP contribution < -0.4 is 16.0 Å². The summed E-state index contributed by atoms with van der Waals surface area (Å²) in [6.45, 7) is 8.46. The average Bonchev–Trinajstić information content (AvgIpc) is 2.30. The number of hydrogen-bond donors (Lipinski definition) is 1. The molecule has 0 aliphatic heterocycles. The summed E-state index contributed by atoms with van der Waals surface area (Å²) in [4.78, 5) is 12.0. The predicted molar refractivity (Wildman–Crippen MR) is 69.3 cm³/mol. The normalized spacial score (nSPS) is 12.2. The fourth-order valence-electron chi connectivity index (χ4n) is 1.35. The van der Waals surface area contributed by atoms with Crippen molar-refractivity contribution in [2.75, 3.05) is 6.61 Å². The zero-order valence-electron chi connectivity index (χ0n) is 10.5. The molecule has 1 rings (SSSR count). The van der Waals surface area contributed by atoms with Gasteiger partial charge < -0.3 is 15.0 Å². The molecule has 0 amide bonds. The molecule has 0 radical (unpaired) electrons. The molecule has 17 heavy (non-hydrogen) atoms. The second-order valence-corrected chi connectivity index (χ2v) is 4.24. The van der Waals surface area contributed by atoms with Gasteiger partial charge in [-0.25, -0.2) is 0 Å². The van der Waals surface area contributed by atoms with Crippen molar-refractivity contribution < 1.29 is 4.74 Å². The van der Waals surface area contributed by atoms with Gasteiger partial charge in [0.15, 0.2) is 5.75 Å². The van der Waals surface area contributed by atoms with Crippen molar-refractivity contribution in [3.05, 3.63) is 40.8 Å². The van der Waals surface area contributed by atoms with Gasteiger partial charge in [0.25, 0.3) is 5.56 Å². The molecule has 0 saturated carbocycles. The summed E-state index contributed by atoms with van der Waals surface area (Å²) in [7, 11) is 0. The number of ether oxygens (including phenoxy) is 1. The van der Waals surface area contributed by atoms with Gasteiger partial charge in [0, 0.05) is 18.8 Å². The van der Waals surface area contributed by atoms with E-state index in [1.54, 1.807) is 22.9 Å². The SMILES string of the molecule is C=C(C)COc1cccn(CC(N)CC)c1=O. The predicted octanol–water partition coefficient (Wildman–Crippen LogP) is 1.54. The first-order valence-electron chi connectivity index (χ1n) is 5.76. The van der Waals surface area contributed by atoms with E-state index in [0.717, 1.165) is 12.0 Å². The largest absolute Gasteiger partial charge is 0.484 e. The lowest BCUT2D eigenvalue weighted by atomic mass is 10.2. The Hall–Kier alpha value is -1.55. The van der Waals surface area contributed by atoms with Gasteiger partial charge in [0.05, 0.1) is 0 Å². The second kappa shape index (κ2) is 6.25. The van der Waals surface area contributed by atoms with E-state index in [4.69, 9.17) is 10.5 Å². The first kappa shape index (κ1) is 13.5. The summed E-state index contributed by atoms with van der Waals surface area (Å²) in [5.74, 6) is 0.346. The maximum Gasteiger partial charge on any atom is 0.292 e. The van der Waals surface area contributed by atoms with Crippen LogP contribution in [0.2, 0.25) is 0 Å². The third-order valence-corrected chi connectivity index (χ3v) is 2.41. The lowest BCUT2D eigenvalue weighted by Gasteiger charge is -2.12. The van der Waals surface area contributed by atoms with Crippen LogP contribution in [0.4, 0.5) is 0 Å². The Labute approximate surface area is 102 Å². The number of pyridine rings is 1. The Bertz CT molecular complexity index is 437. The Balaban J connectivity index is 2.83. The highest BCUT2D eigenvalue weighted by Crippen LogP contribution is 2.04. The van der Waals surface area contributed by atoms with Gasteiger partial charge in [0.1, 0.15) is 6.61 Å². The van der Waals surface area contributed by atoms with Crippen LogP contribution >= 0.6 is 0 Å². The van der Waals surface area contributed by atoms with E-state index in [2.05, 4.69) is 6.58 Å². The Morgan fingerprint density at radius 1 is 1.65 bits per heavy atom. The van der Waals surface area contributed by atoms with E-state index in [1.165, 1.54) is 0 Å². The molecule has 4 heteroatoms. The zero-order chi connectivity index (χ0) is 12.8. The number of hydrogen-bond acceptors (Lipinski definition) is 3. The summed E-state index contributed by atoms with van der Waals surface area (Å²) in [6.07, 6.45) is 2.56. The molecule has 1 aromatic heterocycles. The van der Waals surface area contributed by atoms with Crippen LogP contribution in [0.5, 0.6) is 5.75 Å². The first-order valence-corrected chi connectivity index (χ1v) is 5.76. The third kappa shape index (κ3) is 4.07. The quantitative estimate of drug-likeness (QED) is 0.762. The van der Waals surface area contributed by atoms with Gasteiger partial charge in [-0.1, -0.05) is 13.5 Å². The molecule has 0 spiro atoms. The topological polar surface area (TPSA) is 57.2 Å². The van der Waals surface area contributed by atoms with Crippen molar-refractivity contribution in [2.24, 2.45) is 5.73 Å². The summed E-state index contributed by atoms with van der Waals surface area (Å²) < 4.78 is 6.97. The minimum Gasteiger partial charge on any atom is -0.484 e. The number of rotatable bonds is 6. The molecular weight excluding hydrogens is 216 g/mol. The molecule has 1 unspecified atom stereocenters. The van der Waals surface area contributed by atoms with Crippen LogP contribution in [0.3, 0.4) is 0 Å². The van der Waals surface area contributed by atoms with Crippen molar-refractivity contribution >= 4 is 0 Å². The van der Waals surface area contributed by atoms with Crippen molar-refractivity contribution in [1.29, 1.82) is 0 Å². The molecule has 94 valence electrons. The molecule has 4 nitrogen and oxygen atoms in total. The summed E-state index contributed by atoms with van der Waals surface area (Å²) >= 11 is 0. The highest BCUT2D eigenvalue weighted by Gasteiger charge is 2.07. The standard InChI is InChI=1S/C13H20N2O2/c1-4-11(14)8-15-7-5-6-12(13(15)16)17-9-10(2)3/h5-7,11H,2,4,8-9,14H2,1,3H3. The second-order valence-electron chi connectivity index (χ2n) is 4.24. The van der Waals surface area contributed by atoms with E-state index in [-0.39, 0.29) is 11.6 Å². The lowest BCUT2D eigenvalue weighted by Crippen LogP contribution is -2.31. The molecule has 0 aliphatic carbocycles. The monoisotopic (exact) mass is 236 g/mol. The Morgan fingerprint density at radius 3 is 2.94 bits per heavy atom. The fourth-order valence-corrected chi connectivity index (χ4v) is 1.35. The summed E-state index contributed by atoms with van der Waals surface area (Å²) in [5, 5.41) is 0. The minimum absolute atomic E-state index is 0.0101. The molecule has 0 saturated heterocycles. The van der Waals surface area contributed by atoms with Gasteiger partial charge in [-0.2, -0.15) is 0 Å². The van der Waals surface area contributed by atoms with Crippen molar-refractivity contribution in [1.82, 2.24) is 4.57 Å². The molecule has 2 N–H and O–H groups in total. The smallest absolute Gasteiger partial charge is 0.292 e. The maximum absolute atomic E-state index is 12.0. The average molecular weight is 236 g/mol. The summed E-state index contributed by atoms with van der Waals surface area (Å²) in [5.41, 5.74) is 6.57. The van der Waals surface area contributed by atoms with Crippen LogP contribution in [0, 0.1) is 0 Å². The van der Waals surface area contributed by atoms with Gasteiger partial charge >= 0.3 is 0 Å². The van der Waals surface area contributed by atoms with Crippen LogP contribution in [0.15, 0.2) is 35.3 Å². The molecule has 0 fully saturated rings. The number of nitrogens with two attached hydrogens (primary N) is 1. The third-order valence-electron chi connectivity index (χ3n) is 2.41. The highest BCUT2D eigenvalue weighted by atomic mass is 16.5. The van der Waals surface area contributed by atoms with Crippen molar-refractivity contribution in [2.45, 2.75) is 32.9 Å². The van der Waals surface area contributed by atoms with Gasteiger partial charge in [0.2, 0.25) is 0 Å². The van der Waals surface area contributed by atoms with Crippen LogP contribution in [-0.4, -0.2) is 17.2 Å². The molecule has 0 bridgehead atoms. The Kier molecular flexibility index (Phi) is 4.97. The molecule has 1 aromatic rings. The van der Waals surface area contributed by atoms with E-state index < -0.39 is 0 Å². The molecular formula is C13H20N2O2. The van der Waals surface area contributed by atoms with E-state index >= 15 is 0 Å². The van der Waals surface area contributed by atoms with E-state index in [0.29, 0.717) is 18.9 Å². The number of nitrogens with zero attached hydrogens (tertiary/aromatic N) is 1. The maximum atomic E-state index is 12.0. The minimum atomic E-state index is -0.141. The highest BCUT2D eigenvalue weighted by molar-refractivity contribution is 5.18. The first-order chi connectivity index (χ1) is 8.04. The fraction of sp³-hybridized carbons (Fsp3) is 0.462. The van der Waals surface area contributed by atoms with E-state index in [9.17, 15) is 4.79 Å². The summed E-state index contributed by atoms with van der Waals surface area (Å²) in [6, 6.07) is 3.45. The van der Waals surface area contributed by atoms with Crippen molar-refractivity contribution in [3.63, 3.8) is 0 Å². The molecule has 1 atom stereocenters. The van der Waals surface area contributed by atoms with Gasteiger partial charge in [-0.05, 0) is 31.1 Å². The zero-order valence-corrected chi connectivity index (χ0v) is 10.5. The lowest BCUT2D eigenvalue weighted by molar-refractivity contribution is 0.342. The van der Waals surface area contributed by atoms with Gasteiger partial charge in [-0.3, -0.25) is 4.79 Å². The number of aromatic nitrogens is 1.